The molecule has 0 saturated carbocycles. The van der Waals surface area contributed by atoms with E-state index in [1.165, 1.54) is 0 Å². The second kappa shape index (κ2) is 9.20. The topological polar surface area (TPSA) is 40.5 Å². The summed E-state index contributed by atoms with van der Waals surface area (Å²) in [6.07, 6.45) is 0. The highest BCUT2D eigenvalue weighted by Gasteiger charge is 2.36. The molecule has 0 saturated heterocycles. The van der Waals surface area contributed by atoms with E-state index >= 15 is 0 Å². The Labute approximate surface area is 214 Å². The van der Waals surface area contributed by atoms with Gasteiger partial charge in [-0.1, -0.05) is 94.1 Å². The van der Waals surface area contributed by atoms with E-state index in [0.29, 0.717) is 22.3 Å². The summed E-state index contributed by atoms with van der Waals surface area (Å²) in [5, 5.41) is 23.1. The van der Waals surface area contributed by atoms with Crippen molar-refractivity contribution in [2.24, 2.45) is 0 Å². The maximum Gasteiger partial charge on any atom is 0.141 e. The van der Waals surface area contributed by atoms with E-state index < -0.39 is 5.60 Å². The monoisotopic (exact) mass is 664 g/mol. The van der Waals surface area contributed by atoms with Crippen molar-refractivity contribution in [3.8, 4) is 16.9 Å². The van der Waals surface area contributed by atoms with Gasteiger partial charge in [0.05, 0.1) is 0 Å². The summed E-state index contributed by atoms with van der Waals surface area (Å²) >= 11 is 13.9. The van der Waals surface area contributed by atoms with E-state index in [1.54, 1.807) is 6.07 Å². The smallest absolute Gasteiger partial charge is 0.141 e. The first-order chi connectivity index (χ1) is 14.8. The van der Waals surface area contributed by atoms with Crippen molar-refractivity contribution >= 4 is 63.7 Å². The van der Waals surface area contributed by atoms with Crippen LogP contribution in [0.5, 0.6) is 5.75 Å². The minimum absolute atomic E-state index is 0.131. The summed E-state index contributed by atoms with van der Waals surface area (Å²) in [4.78, 5) is 0. The molecule has 0 amide bonds. The van der Waals surface area contributed by atoms with Crippen molar-refractivity contribution < 1.29 is 10.2 Å². The quantitative estimate of drug-likeness (QED) is 0.215. The average Bonchev–Trinajstić information content (AvgIpc) is 2.74. The van der Waals surface area contributed by atoms with Gasteiger partial charge in [0.1, 0.15) is 11.4 Å². The average molecular weight is 668 g/mol. The molecule has 4 aromatic rings. The van der Waals surface area contributed by atoms with Crippen molar-refractivity contribution in [3.05, 3.63) is 120 Å². The summed E-state index contributed by atoms with van der Waals surface area (Å²) in [5.41, 5.74) is 2.01. The van der Waals surface area contributed by atoms with Gasteiger partial charge in [0.15, 0.2) is 0 Å². The van der Waals surface area contributed by atoms with Crippen LogP contribution in [-0.2, 0) is 5.60 Å². The van der Waals surface area contributed by atoms with Crippen molar-refractivity contribution in [3.63, 3.8) is 0 Å². The number of hydrogen-bond donors (Lipinski definition) is 2. The number of benzene rings is 4. The van der Waals surface area contributed by atoms with Gasteiger partial charge in [-0.3, -0.25) is 0 Å². The molecule has 0 aliphatic rings. The fraction of sp³-hybridized carbons (Fsp3) is 0.0400. The van der Waals surface area contributed by atoms with Gasteiger partial charge in [0, 0.05) is 29.0 Å². The molecule has 31 heavy (non-hydrogen) atoms. The lowest BCUT2D eigenvalue weighted by atomic mass is 9.77. The molecule has 0 spiro atoms. The maximum atomic E-state index is 12.4. The van der Waals surface area contributed by atoms with Gasteiger partial charge < -0.3 is 10.2 Å². The molecule has 0 fully saturated rings. The van der Waals surface area contributed by atoms with Crippen molar-refractivity contribution in [2.75, 3.05) is 0 Å². The molecule has 6 heteroatoms. The Balaban J connectivity index is 2.05. The second-order valence-electron chi connectivity index (χ2n) is 7.08. The SMILES string of the molecule is Oc1cc(Br)ccc1-c1ccc(Br)cc1C(O)(c1ccc(Br)cc1)c1ccc(Br)cc1. The molecular formula is C25H16Br4O2. The highest BCUT2D eigenvalue weighted by Crippen LogP contribution is 2.45. The first-order valence-corrected chi connectivity index (χ1v) is 12.5. The number of halogens is 4. The van der Waals surface area contributed by atoms with Crippen LogP contribution in [0.1, 0.15) is 16.7 Å². The number of rotatable bonds is 4. The highest BCUT2D eigenvalue weighted by atomic mass is 79.9. The third kappa shape index (κ3) is 4.55. The van der Waals surface area contributed by atoms with Crippen LogP contribution in [0.3, 0.4) is 0 Å². The zero-order valence-corrected chi connectivity index (χ0v) is 22.3. The van der Waals surface area contributed by atoms with E-state index in [4.69, 9.17) is 0 Å². The number of phenols is 1. The van der Waals surface area contributed by atoms with E-state index in [-0.39, 0.29) is 5.75 Å². The maximum absolute atomic E-state index is 12.4. The second-order valence-corrected chi connectivity index (χ2v) is 10.7. The lowest BCUT2D eigenvalue weighted by Crippen LogP contribution is -2.29. The van der Waals surface area contributed by atoms with Gasteiger partial charge in [0.25, 0.3) is 0 Å². The lowest BCUT2D eigenvalue weighted by molar-refractivity contribution is 0.126. The van der Waals surface area contributed by atoms with Crippen LogP contribution in [0.15, 0.2) is 103 Å². The molecule has 0 bridgehead atoms. The minimum atomic E-state index is -1.46. The number of phenolic OH excluding ortho intramolecular Hbond substituents is 1. The predicted molar refractivity (Wildman–Crippen MR) is 139 cm³/mol. The van der Waals surface area contributed by atoms with Gasteiger partial charge in [-0.05, 0) is 71.3 Å². The van der Waals surface area contributed by atoms with Crippen molar-refractivity contribution in [2.45, 2.75) is 5.60 Å². The first kappa shape index (κ1) is 22.7. The van der Waals surface area contributed by atoms with E-state index in [9.17, 15) is 10.2 Å². The molecule has 4 aromatic carbocycles. The summed E-state index contributed by atoms with van der Waals surface area (Å²) in [6.45, 7) is 0. The molecule has 0 aliphatic heterocycles. The Hall–Kier alpha value is -1.44. The van der Waals surface area contributed by atoms with Gasteiger partial charge in [-0.25, -0.2) is 0 Å². The molecule has 2 nitrogen and oxygen atoms in total. The fourth-order valence-corrected chi connectivity index (χ4v) is 4.88. The Bertz CT molecular complexity index is 1190. The summed E-state index contributed by atoms with van der Waals surface area (Å²) < 4.78 is 3.46. The third-order valence-corrected chi connectivity index (χ3v) is 7.19. The molecular weight excluding hydrogens is 652 g/mol. The lowest BCUT2D eigenvalue weighted by Gasteiger charge is -2.32. The van der Waals surface area contributed by atoms with Crippen LogP contribution < -0.4 is 0 Å². The fourth-order valence-electron chi connectivity index (χ4n) is 3.64. The molecule has 2 N–H and O–H groups in total. The zero-order chi connectivity index (χ0) is 22.2. The highest BCUT2D eigenvalue weighted by molar-refractivity contribution is 9.11. The van der Waals surface area contributed by atoms with Crippen LogP contribution in [-0.4, -0.2) is 10.2 Å². The molecule has 0 radical (unpaired) electrons. The number of aliphatic hydroxyl groups is 1. The Morgan fingerprint density at radius 1 is 0.516 bits per heavy atom. The first-order valence-electron chi connectivity index (χ1n) is 9.32. The van der Waals surface area contributed by atoms with Crippen LogP contribution in [0.4, 0.5) is 0 Å². The van der Waals surface area contributed by atoms with Gasteiger partial charge in [-0.2, -0.15) is 0 Å². The van der Waals surface area contributed by atoms with Gasteiger partial charge in [-0.15, -0.1) is 0 Å². The van der Waals surface area contributed by atoms with E-state index in [2.05, 4.69) is 63.7 Å². The van der Waals surface area contributed by atoms with Crippen LogP contribution >= 0.6 is 63.7 Å². The Kier molecular flexibility index (Phi) is 6.75. The van der Waals surface area contributed by atoms with Gasteiger partial charge >= 0.3 is 0 Å². The molecule has 0 atom stereocenters. The number of hydrogen-bond acceptors (Lipinski definition) is 2. The summed E-state index contributed by atoms with van der Waals surface area (Å²) in [5.74, 6) is 0.131. The Morgan fingerprint density at radius 3 is 1.42 bits per heavy atom. The van der Waals surface area contributed by atoms with Crippen molar-refractivity contribution in [1.82, 2.24) is 0 Å². The Morgan fingerprint density at radius 2 is 0.935 bits per heavy atom. The predicted octanol–water partition coefficient (Wildman–Crippen LogP) is 8.39. The van der Waals surface area contributed by atoms with Gasteiger partial charge in [0.2, 0.25) is 0 Å². The number of aromatic hydroxyl groups is 1. The molecule has 0 unspecified atom stereocenters. The minimum Gasteiger partial charge on any atom is -0.507 e. The van der Waals surface area contributed by atoms with Crippen LogP contribution in [0.25, 0.3) is 11.1 Å². The normalized spacial score (nSPS) is 11.5. The summed E-state index contributed by atoms with van der Waals surface area (Å²) in [6, 6.07) is 26.3. The van der Waals surface area contributed by atoms with Crippen molar-refractivity contribution in [1.29, 1.82) is 0 Å². The van der Waals surface area contributed by atoms with Crippen LogP contribution in [0.2, 0.25) is 0 Å². The van der Waals surface area contributed by atoms with E-state index in [1.807, 2.05) is 78.9 Å². The summed E-state index contributed by atoms with van der Waals surface area (Å²) in [7, 11) is 0. The van der Waals surface area contributed by atoms with E-state index in [0.717, 1.165) is 23.5 Å². The molecule has 0 aromatic heterocycles. The largest absolute Gasteiger partial charge is 0.507 e. The third-order valence-electron chi connectivity index (χ3n) is 5.15. The molecule has 0 heterocycles. The van der Waals surface area contributed by atoms with Crippen LogP contribution in [0, 0.1) is 0 Å². The zero-order valence-electron chi connectivity index (χ0n) is 16.0. The molecule has 4 rings (SSSR count). The molecule has 156 valence electrons. The molecule has 0 aliphatic carbocycles. The standard InChI is InChI=1S/C25H16Br4O2/c26-17-5-1-15(2-6-17)25(31,16-3-7-18(27)8-4-16)23-13-19(28)9-11-21(23)22-12-10-20(29)14-24(22)30/h1-14,30-31H.